The molecule has 0 radical (unpaired) electrons. The van der Waals surface area contributed by atoms with Gasteiger partial charge in [0.25, 0.3) is 0 Å². The topological polar surface area (TPSA) is 63.3 Å². The quantitative estimate of drug-likeness (QED) is 0.807. The summed E-state index contributed by atoms with van der Waals surface area (Å²) in [7, 11) is 0. The van der Waals surface area contributed by atoms with E-state index in [-0.39, 0.29) is 5.89 Å². The standard InChI is InChI=1S/C8H11NO3S/c1-5(2)13-4-6-3-9-7(12-6)8(10)11/h3,5H,4H2,1-2H3,(H,10,11). The summed E-state index contributed by atoms with van der Waals surface area (Å²) in [5.41, 5.74) is 0. The van der Waals surface area contributed by atoms with Crippen LogP contribution in [0.4, 0.5) is 0 Å². The van der Waals surface area contributed by atoms with Crippen LogP contribution in [-0.4, -0.2) is 21.3 Å². The van der Waals surface area contributed by atoms with Crippen LogP contribution in [-0.2, 0) is 5.75 Å². The van der Waals surface area contributed by atoms with Crippen LogP contribution in [0, 0.1) is 0 Å². The summed E-state index contributed by atoms with van der Waals surface area (Å²) >= 11 is 1.68. The zero-order chi connectivity index (χ0) is 9.84. The first-order valence-corrected chi connectivity index (χ1v) is 4.94. The molecule has 4 nitrogen and oxygen atoms in total. The van der Waals surface area contributed by atoms with E-state index in [4.69, 9.17) is 9.52 Å². The van der Waals surface area contributed by atoms with Crippen molar-refractivity contribution in [2.75, 3.05) is 0 Å². The minimum Gasteiger partial charge on any atom is -0.474 e. The molecule has 0 bridgehead atoms. The van der Waals surface area contributed by atoms with E-state index in [1.807, 2.05) is 0 Å². The molecule has 5 heteroatoms. The number of hydrogen-bond acceptors (Lipinski definition) is 4. The van der Waals surface area contributed by atoms with Gasteiger partial charge in [-0.15, -0.1) is 0 Å². The number of carboxylic acids is 1. The van der Waals surface area contributed by atoms with Crippen molar-refractivity contribution in [2.24, 2.45) is 0 Å². The zero-order valence-corrected chi connectivity index (χ0v) is 8.30. The third-order valence-electron chi connectivity index (χ3n) is 1.30. The molecule has 0 atom stereocenters. The van der Waals surface area contributed by atoms with Gasteiger partial charge < -0.3 is 9.52 Å². The van der Waals surface area contributed by atoms with Crippen LogP contribution >= 0.6 is 11.8 Å². The summed E-state index contributed by atoms with van der Waals surface area (Å²) < 4.78 is 4.96. The highest BCUT2D eigenvalue weighted by Gasteiger charge is 2.10. The lowest BCUT2D eigenvalue weighted by atomic mass is 10.6. The van der Waals surface area contributed by atoms with Crippen LogP contribution in [0.3, 0.4) is 0 Å². The number of thioether (sulfide) groups is 1. The first kappa shape index (κ1) is 10.1. The Morgan fingerprint density at radius 2 is 2.46 bits per heavy atom. The summed E-state index contributed by atoms with van der Waals surface area (Å²) in [6.45, 7) is 4.14. The van der Waals surface area contributed by atoms with Gasteiger partial charge in [-0.3, -0.25) is 0 Å². The molecule has 0 amide bonds. The monoisotopic (exact) mass is 201 g/mol. The average Bonchev–Trinajstić information content (AvgIpc) is 2.48. The first-order valence-electron chi connectivity index (χ1n) is 3.89. The number of carbonyl (C=O) groups is 1. The van der Waals surface area contributed by atoms with Crippen LogP contribution in [0.25, 0.3) is 0 Å². The lowest BCUT2D eigenvalue weighted by Gasteiger charge is -2.00. The van der Waals surface area contributed by atoms with Gasteiger partial charge in [0.05, 0.1) is 11.9 Å². The van der Waals surface area contributed by atoms with Crippen LogP contribution in [0.2, 0.25) is 0 Å². The largest absolute Gasteiger partial charge is 0.474 e. The molecular formula is C8H11NO3S. The Kier molecular flexibility index (Phi) is 3.36. The number of rotatable bonds is 4. The number of hydrogen-bond donors (Lipinski definition) is 1. The fourth-order valence-corrected chi connectivity index (χ4v) is 1.35. The molecule has 0 spiro atoms. The molecular weight excluding hydrogens is 190 g/mol. The third-order valence-corrected chi connectivity index (χ3v) is 2.41. The summed E-state index contributed by atoms with van der Waals surface area (Å²) in [5.74, 6) is -0.0888. The number of aromatic nitrogens is 1. The average molecular weight is 201 g/mol. The van der Waals surface area contributed by atoms with Crippen LogP contribution in [0.5, 0.6) is 0 Å². The molecule has 0 fully saturated rings. The van der Waals surface area contributed by atoms with Crippen molar-refractivity contribution in [2.45, 2.75) is 24.9 Å². The molecule has 0 aliphatic heterocycles. The Morgan fingerprint density at radius 1 is 1.77 bits per heavy atom. The van der Waals surface area contributed by atoms with Gasteiger partial charge in [0, 0.05) is 0 Å². The molecule has 0 aromatic carbocycles. The van der Waals surface area contributed by atoms with Gasteiger partial charge in [-0.1, -0.05) is 13.8 Å². The van der Waals surface area contributed by atoms with Crippen molar-refractivity contribution in [3.05, 3.63) is 17.8 Å². The van der Waals surface area contributed by atoms with Gasteiger partial charge in [0.1, 0.15) is 5.76 Å². The van der Waals surface area contributed by atoms with E-state index < -0.39 is 5.97 Å². The van der Waals surface area contributed by atoms with E-state index >= 15 is 0 Å². The Labute approximate surface area is 80.3 Å². The molecule has 72 valence electrons. The molecule has 0 saturated carbocycles. The highest BCUT2D eigenvalue weighted by molar-refractivity contribution is 7.99. The van der Waals surface area contributed by atoms with Crippen LogP contribution in [0.1, 0.15) is 30.3 Å². The Hall–Kier alpha value is -0.970. The molecule has 1 rings (SSSR count). The minimum absolute atomic E-state index is 0.237. The van der Waals surface area contributed by atoms with E-state index in [9.17, 15) is 4.79 Å². The summed E-state index contributed by atoms with van der Waals surface area (Å²) in [6.07, 6.45) is 1.46. The molecule has 1 N–H and O–H groups in total. The highest BCUT2D eigenvalue weighted by Crippen LogP contribution is 2.17. The first-order chi connectivity index (χ1) is 6.09. The van der Waals surface area contributed by atoms with E-state index in [0.717, 1.165) is 0 Å². The number of aromatic carboxylic acids is 1. The van der Waals surface area contributed by atoms with Gasteiger partial charge in [-0.05, 0) is 5.25 Å². The fourth-order valence-electron chi connectivity index (χ4n) is 0.722. The maximum Gasteiger partial charge on any atom is 0.392 e. The number of nitrogens with zero attached hydrogens (tertiary/aromatic N) is 1. The van der Waals surface area contributed by atoms with Crippen LogP contribution in [0.15, 0.2) is 10.6 Å². The van der Waals surface area contributed by atoms with E-state index in [0.29, 0.717) is 16.8 Å². The van der Waals surface area contributed by atoms with Crippen molar-refractivity contribution < 1.29 is 14.3 Å². The van der Waals surface area contributed by atoms with E-state index in [1.54, 1.807) is 11.8 Å². The second-order valence-electron chi connectivity index (χ2n) is 2.80. The zero-order valence-electron chi connectivity index (χ0n) is 7.48. The van der Waals surface area contributed by atoms with E-state index in [1.165, 1.54) is 6.20 Å². The molecule has 1 aromatic heterocycles. The Bertz CT molecular complexity index is 295. The van der Waals surface area contributed by atoms with Crippen molar-refractivity contribution >= 4 is 17.7 Å². The lowest BCUT2D eigenvalue weighted by Crippen LogP contribution is -1.94. The van der Waals surface area contributed by atoms with Gasteiger partial charge in [-0.25, -0.2) is 9.78 Å². The SMILES string of the molecule is CC(C)SCc1cnc(C(=O)O)o1. The Morgan fingerprint density at radius 3 is 2.92 bits per heavy atom. The Balaban J connectivity index is 2.54. The summed E-state index contributed by atoms with van der Waals surface area (Å²) in [6, 6.07) is 0. The second kappa shape index (κ2) is 4.32. The normalized spacial score (nSPS) is 10.7. The maximum atomic E-state index is 10.4. The van der Waals surface area contributed by atoms with Crippen LogP contribution < -0.4 is 0 Å². The highest BCUT2D eigenvalue weighted by atomic mass is 32.2. The van der Waals surface area contributed by atoms with E-state index in [2.05, 4.69) is 18.8 Å². The predicted molar refractivity (Wildman–Crippen MR) is 49.9 cm³/mol. The molecule has 1 heterocycles. The minimum atomic E-state index is -1.12. The second-order valence-corrected chi connectivity index (χ2v) is 4.36. The number of oxazole rings is 1. The van der Waals surface area contributed by atoms with Crippen molar-refractivity contribution in [1.82, 2.24) is 4.98 Å². The molecule has 1 aromatic rings. The molecule has 0 unspecified atom stereocenters. The molecule has 0 saturated heterocycles. The van der Waals surface area contributed by atoms with Gasteiger partial charge in [0.15, 0.2) is 0 Å². The van der Waals surface area contributed by atoms with Gasteiger partial charge in [-0.2, -0.15) is 11.8 Å². The number of carboxylic acid groups (broad SMARTS) is 1. The van der Waals surface area contributed by atoms with Crippen molar-refractivity contribution in [3.8, 4) is 0 Å². The molecule has 0 aliphatic rings. The molecule has 0 aliphatic carbocycles. The molecule has 13 heavy (non-hydrogen) atoms. The predicted octanol–water partition coefficient (Wildman–Crippen LogP) is 2.01. The van der Waals surface area contributed by atoms with Gasteiger partial charge in [0.2, 0.25) is 0 Å². The maximum absolute atomic E-state index is 10.4. The van der Waals surface area contributed by atoms with Gasteiger partial charge >= 0.3 is 11.9 Å². The third kappa shape index (κ3) is 3.10. The lowest BCUT2D eigenvalue weighted by molar-refractivity contribution is 0.0652. The van der Waals surface area contributed by atoms with Crippen molar-refractivity contribution in [1.29, 1.82) is 0 Å². The summed E-state index contributed by atoms with van der Waals surface area (Å²) in [4.78, 5) is 14.0. The summed E-state index contributed by atoms with van der Waals surface area (Å²) in [5, 5.41) is 9.01. The smallest absolute Gasteiger partial charge is 0.392 e. The fraction of sp³-hybridized carbons (Fsp3) is 0.500. The van der Waals surface area contributed by atoms with Crippen molar-refractivity contribution in [3.63, 3.8) is 0 Å².